The highest BCUT2D eigenvalue weighted by Gasteiger charge is 2.40. The molecule has 0 unspecified atom stereocenters. The van der Waals surface area contributed by atoms with Gasteiger partial charge in [-0.2, -0.15) is 18.3 Å². The standard InChI is InChI=1S/C21H20F3N5O3/c1-13-7-9-14(10-8-13)29-19(21(22,23)24)15(11-26-29)20(31)28-27-18(30)12-25-16-5-3-4-6-17(16)32-2/h3-11,25H,12H2,1-2H3,(H,27,30)(H,28,31). The summed E-state index contributed by atoms with van der Waals surface area (Å²) in [5.41, 5.74) is 3.63. The molecular formula is C21H20F3N5O3. The number of hydrogen-bond acceptors (Lipinski definition) is 5. The number of carbonyl (C=O) groups is 2. The maximum absolute atomic E-state index is 13.7. The molecule has 1 heterocycles. The van der Waals surface area contributed by atoms with E-state index in [1.165, 1.54) is 19.2 Å². The molecule has 0 saturated carbocycles. The van der Waals surface area contributed by atoms with Crippen molar-refractivity contribution in [1.82, 2.24) is 20.6 Å². The first-order valence-electron chi connectivity index (χ1n) is 9.39. The zero-order valence-corrected chi connectivity index (χ0v) is 17.2. The van der Waals surface area contributed by atoms with Gasteiger partial charge in [0.1, 0.15) is 5.75 Å². The van der Waals surface area contributed by atoms with E-state index < -0.39 is 29.2 Å². The van der Waals surface area contributed by atoms with Gasteiger partial charge in [-0.1, -0.05) is 29.8 Å². The second-order valence-electron chi connectivity index (χ2n) is 6.71. The molecule has 11 heteroatoms. The van der Waals surface area contributed by atoms with Gasteiger partial charge in [-0.25, -0.2) is 4.68 Å². The van der Waals surface area contributed by atoms with E-state index in [9.17, 15) is 22.8 Å². The number of benzene rings is 2. The number of anilines is 1. The average molecular weight is 447 g/mol. The first kappa shape index (κ1) is 22.7. The normalized spacial score (nSPS) is 11.0. The predicted molar refractivity (Wildman–Crippen MR) is 110 cm³/mol. The highest BCUT2D eigenvalue weighted by molar-refractivity contribution is 5.96. The van der Waals surface area contributed by atoms with E-state index in [1.807, 2.05) is 5.43 Å². The molecule has 0 saturated heterocycles. The smallest absolute Gasteiger partial charge is 0.434 e. The number of alkyl halides is 3. The van der Waals surface area contributed by atoms with Gasteiger partial charge in [0.25, 0.3) is 11.8 Å². The fourth-order valence-electron chi connectivity index (χ4n) is 2.87. The second-order valence-corrected chi connectivity index (χ2v) is 6.71. The number of halogens is 3. The number of nitrogens with zero attached hydrogens (tertiary/aromatic N) is 2. The second kappa shape index (κ2) is 9.41. The van der Waals surface area contributed by atoms with Crippen molar-refractivity contribution < 1.29 is 27.5 Å². The first-order valence-corrected chi connectivity index (χ1v) is 9.39. The number of amides is 2. The molecule has 32 heavy (non-hydrogen) atoms. The predicted octanol–water partition coefficient (Wildman–Crippen LogP) is 3.08. The van der Waals surface area contributed by atoms with E-state index in [4.69, 9.17) is 4.74 Å². The molecule has 2 aromatic carbocycles. The molecule has 0 fully saturated rings. The Hall–Kier alpha value is -4.02. The minimum atomic E-state index is -4.86. The fourth-order valence-corrected chi connectivity index (χ4v) is 2.87. The van der Waals surface area contributed by atoms with Gasteiger partial charge in [-0.15, -0.1) is 0 Å². The maximum atomic E-state index is 13.7. The molecule has 0 bridgehead atoms. The molecule has 0 atom stereocenters. The molecule has 0 aliphatic carbocycles. The first-order chi connectivity index (χ1) is 15.2. The van der Waals surface area contributed by atoms with Crippen molar-refractivity contribution in [3.05, 3.63) is 71.5 Å². The van der Waals surface area contributed by atoms with Crippen LogP contribution in [0.15, 0.2) is 54.7 Å². The molecule has 0 radical (unpaired) electrons. The van der Waals surface area contributed by atoms with E-state index in [-0.39, 0.29) is 12.2 Å². The Morgan fingerprint density at radius 2 is 1.75 bits per heavy atom. The highest BCUT2D eigenvalue weighted by Crippen LogP contribution is 2.33. The number of hydrazine groups is 1. The molecule has 3 rings (SSSR count). The SMILES string of the molecule is COc1ccccc1NCC(=O)NNC(=O)c1cnn(-c2ccc(C)cc2)c1C(F)(F)F. The monoisotopic (exact) mass is 447 g/mol. The van der Waals surface area contributed by atoms with Crippen molar-refractivity contribution >= 4 is 17.5 Å². The number of aryl methyl sites for hydroxylation is 1. The van der Waals surface area contributed by atoms with Crippen LogP contribution < -0.4 is 20.9 Å². The number of carbonyl (C=O) groups excluding carboxylic acids is 2. The number of aromatic nitrogens is 2. The number of hydrogen-bond donors (Lipinski definition) is 3. The highest BCUT2D eigenvalue weighted by atomic mass is 19.4. The molecule has 8 nitrogen and oxygen atoms in total. The van der Waals surface area contributed by atoms with Crippen molar-refractivity contribution in [3.63, 3.8) is 0 Å². The van der Waals surface area contributed by atoms with Crippen LogP contribution in [0.1, 0.15) is 21.6 Å². The lowest BCUT2D eigenvalue weighted by Gasteiger charge is -2.14. The zero-order valence-electron chi connectivity index (χ0n) is 17.2. The molecule has 3 N–H and O–H groups in total. The summed E-state index contributed by atoms with van der Waals surface area (Å²) in [7, 11) is 1.47. The Kier molecular flexibility index (Phi) is 6.67. The zero-order chi connectivity index (χ0) is 23.3. The minimum Gasteiger partial charge on any atom is -0.495 e. The van der Waals surface area contributed by atoms with E-state index in [0.717, 1.165) is 11.8 Å². The van der Waals surface area contributed by atoms with Crippen molar-refractivity contribution in [2.75, 3.05) is 19.0 Å². The van der Waals surface area contributed by atoms with Crippen molar-refractivity contribution in [2.45, 2.75) is 13.1 Å². The molecule has 0 aliphatic rings. The summed E-state index contributed by atoms with van der Waals surface area (Å²) >= 11 is 0. The molecule has 168 valence electrons. The summed E-state index contributed by atoms with van der Waals surface area (Å²) < 4.78 is 46.9. The number of para-hydroxylation sites is 2. The Balaban J connectivity index is 1.69. The van der Waals surface area contributed by atoms with E-state index in [2.05, 4.69) is 15.8 Å². The third-order valence-electron chi connectivity index (χ3n) is 4.42. The van der Waals surface area contributed by atoms with Gasteiger partial charge in [0.15, 0.2) is 5.69 Å². The van der Waals surface area contributed by atoms with Crippen LogP contribution in [0, 0.1) is 6.92 Å². The van der Waals surface area contributed by atoms with Crippen LogP contribution in [0.2, 0.25) is 0 Å². The largest absolute Gasteiger partial charge is 0.495 e. The Labute approximate surface area is 181 Å². The Morgan fingerprint density at radius 3 is 2.41 bits per heavy atom. The number of ether oxygens (including phenoxy) is 1. The van der Waals surface area contributed by atoms with Gasteiger partial charge in [0.05, 0.1) is 36.8 Å². The van der Waals surface area contributed by atoms with Gasteiger partial charge in [0, 0.05) is 0 Å². The summed E-state index contributed by atoms with van der Waals surface area (Å²) in [4.78, 5) is 24.4. The van der Waals surface area contributed by atoms with Crippen molar-refractivity contribution in [2.24, 2.45) is 0 Å². The van der Waals surface area contributed by atoms with Crippen LogP contribution in [0.3, 0.4) is 0 Å². The maximum Gasteiger partial charge on any atom is 0.434 e. The molecular weight excluding hydrogens is 427 g/mol. The van der Waals surface area contributed by atoms with E-state index >= 15 is 0 Å². The van der Waals surface area contributed by atoms with Crippen LogP contribution in [0.5, 0.6) is 5.75 Å². The molecule has 1 aromatic heterocycles. The van der Waals surface area contributed by atoms with Gasteiger partial charge in [-0.3, -0.25) is 20.4 Å². The summed E-state index contributed by atoms with van der Waals surface area (Å²) in [6.45, 7) is 1.54. The lowest BCUT2D eigenvalue weighted by atomic mass is 10.2. The van der Waals surface area contributed by atoms with Crippen molar-refractivity contribution in [3.8, 4) is 11.4 Å². The minimum absolute atomic E-state index is 0.145. The molecule has 3 aromatic rings. The van der Waals surface area contributed by atoms with Crippen LogP contribution in [-0.4, -0.2) is 35.2 Å². The third kappa shape index (κ3) is 5.17. The summed E-state index contributed by atoms with van der Waals surface area (Å²) in [5.74, 6) is -1.33. The van der Waals surface area contributed by atoms with Gasteiger partial charge >= 0.3 is 6.18 Å². The fraction of sp³-hybridized carbons (Fsp3) is 0.190. The topological polar surface area (TPSA) is 97.3 Å². The molecule has 0 aliphatic heterocycles. The summed E-state index contributed by atoms with van der Waals surface area (Å²) in [6, 6.07) is 13.0. The van der Waals surface area contributed by atoms with Crippen LogP contribution in [0.4, 0.5) is 18.9 Å². The van der Waals surface area contributed by atoms with Crippen LogP contribution >= 0.6 is 0 Å². The lowest BCUT2D eigenvalue weighted by Crippen LogP contribution is -2.44. The number of rotatable bonds is 6. The van der Waals surface area contributed by atoms with E-state index in [0.29, 0.717) is 16.1 Å². The Bertz CT molecular complexity index is 1110. The van der Waals surface area contributed by atoms with Crippen LogP contribution in [-0.2, 0) is 11.0 Å². The summed E-state index contributed by atoms with van der Waals surface area (Å²) in [6.07, 6.45) is -4.05. The third-order valence-corrected chi connectivity index (χ3v) is 4.42. The van der Waals surface area contributed by atoms with Crippen LogP contribution in [0.25, 0.3) is 5.69 Å². The number of methoxy groups -OCH3 is 1. The Morgan fingerprint density at radius 1 is 1.06 bits per heavy atom. The van der Waals surface area contributed by atoms with Gasteiger partial charge in [0.2, 0.25) is 0 Å². The number of nitrogens with one attached hydrogen (secondary N) is 3. The van der Waals surface area contributed by atoms with E-state index in [1.54, 1.807) is 43.3 Å². The van der Waals surface area contributed by atoms with Crippen molar-refractivity contribution in [1.29, 1.82) is 0 Å². The van der Waals surface area contributed by atoms with Gasteiger partial charge in [-0.05, 0) is 31.2 Å². The lowest BCUT2D eigenvalue weighted by molar-refractivity contribution is -0.143. The molecule has 0 spiro atoms. The van der Waals surface area contributed by atoms with Gasteiger partial charge < -0.3 is 10.1 Å². The quantitative estimate of drug-likeness (QED) is 0.505. The molecule has 2 amide bonds. The summed E-state index contributed by atoms with van der Waals surface area (Å²) in [5, 5.41) is 6.53. The average Bonchev–Trinajstić information content (AvgIpc) is 3.22.